The van der Waals surface area contributed by atoms with Crippen molar-refractivity contribution >= 4 is 45.9 Å². The molecule has 1 aliphatic heterocycles. The molecule has 0 aliphatic carbocycles. The topological polar surface area (TPSA) is 93.9 Å². The van der Waals surface area contributed by atoms with E-state index in [9.17, 15) is 19.2 Å². The molecule has 0 N–H and O–H groups in total. The van der Waals surface area contributed by atoms with Gasteiger partial charge in [-0.15, -0.1) is 0 Å². The van der Waals surface area contributed by atoms with E-state index in [2.05, 4.69) is 0 Å². The molecule has 3 rings (SSSR count). The van der Waals surface area contributed by atoms with Gasteiger partial charge in [0.05, 0.1) is 22.0 Å². The van der Waals surface area contributed by atoms with Crippen molar-refractivity contribution in [2.45, 2.75) is 20.0 Å². The van der Waals surface area contributed by atoms with Gasteiger partial charge in [0.2, 0.25) is 0 Å². The third kappa shape index (κ3) is 3.55. The van der Waals surface area contributed by atoms with Crippen molar-refractivity contribution in [3.63, 3.8) is 0 Å². The number of benzene rings is 1. The molecule has 8 heteroatoms. The van der Waals surface area contributed by atoms with Gasteiger partial charge in [0.15, 0.2) is 5.43 Å². The number of para-hydroxylation sites is 1. The van der Waals surface area contributed by atoms with E-state index in [4.69, 9.17) is 9.15 Å². The Bertz CT molecular complexity index is 991. The summed E-state index contributed by atoms with van der Waals surface area (Å²) < 4.78 is 10.3. The van der Waals surface area contributed by atoms with Crippen LogP contribution in [-0.4, -0.2) is 34.7 Å². The van der Waals surface area contributed by atoms with Gasteiger partial charge in [-0.1, -0.05) is 12.1 Å². The Labute approximate surface area is 152 Å². The summed E-state index contributed by atoms with van der Waals surface area (Å²) >= 11 is 0.662. The maximum atomic E-state index is 12.5. The Kier molecular flexibility index (Phi) is 4.94. The average Bonchev–Trinajstić information content (AvgIpc) is 2.84. The first-order valence-corrected chi connectivity index (χ1v) is 8.64. The second kappa shape index (κ2) is 7.17. The van der Waals surface area contributed by atoms with Crippen molar-refractivity contribution in [3.05, 3.63) is 51.2 Å². The minimum atomic E-state index is -0.672. The molecule has 1 aliphatic rings. The van der Waals surface area contributed by atoms with Gasteiger partial charge in [-0.3, -0.25) is 24.1 Å². The van der Waals surface area contributed by atoms with Crippen molar-refractivity contribution in [2.75, 3.05) is 6.54 Å². The smallest absolute Gasteiger partial charge is 0.326 e. The van der Waals surface area contributed by atoms with Crippen LogP contribution in [0.1, 0.15) is 19.4 Å². The lowest BCUT2D eigenvalue weighted by molar-refractivity contribution is -0.149. The van der Waals surface area contributed by atoms with Crippen LogP contribution >= 0.6 is 11.8 Å². The fourth-order valence-corrected chi connectivity index (χ4v) is 3.23. The number of amides is 2. The Hall–Kier alpha value is -2.87. The Morgan fingerprint density at radius 2 is 2.00 bits per heavy atom. The van der Waals surface area contributed by atoms with Gasteiger partial charge in [0.1, 0.15) is 18.4 Å². The maximum absolute atomic E-state index is 12.5. The van der Waals surface area contributed by atoms with Gasteiger partial charge in [-0.05, 0) is 43.8 Å². The Morgan fingerprint density at radius 1 is 1.27 bits per heavy atom. The highest BCUT2D eigenvalue weighted by Gasteiger charge is 2.37. The molecule has 1 saturated heterocycles. The van der Waals surface area contributed by atoms with Gasteiger partial charge in [-0.2, -0.15) is 0 Å². The van der Waals surface area contributed by atoms with Gasteiger partial charge in [0, 0.05) is 0 Å². The Balaban J connectivity index is 1.87. The zero-order valence-corrected chi connectivity index (χ0v) is 14.9. The van der Waals surface area contributed by atoms with E-state index < -0.39 is 23.7 Å². The van der Waals surface area contributed by atoms with Gasteiger partial charge in [-0.25, -0.2) is 0 Å². The van der Waals surface area contributed by atoms with Crippen LogP contribution < -0.4 is 5.43 Å². The van der Waals surface area contributed by atoms with E-state index >= 15 is 0 Å². The second-order valence-corrected chi connectivity index (χ2v) is 6.82. The molecule has 0 radical (unpaired) electrons. The number of rotatable bonds is 4. The molecule has 26 heavy (non-hydrogen) atoms. The summed E-state index contributed by atoms with van der Waals surface area (Å²) in [7, 11) is 0. The predicted octanol–water partition coefficient (Wildman–Crippen LogP) is 2.78. The normalized spacial score (nSPS) is 16.1. The molecule has 0 bridgehead atoms. The van der Waals surface area contributed by atoms with Gasteiger partial charge < -0.3 is 9.15 Å². The van der Waals surface area contributed by atoms with Gasteiger partial charge >= 0.3 is 5.97 Å². The third-order valence-corrected chi connectivity index (χ3v) is 4.43. The van der Waals surface area contributed by atoms with E-state index in [1.165, 1.54) is 12.3 Å². The molecule has 1 fully saturated rings. The molecule has 2 aromatic rings. The van der Waals surface area contributed by atoms with Crippen LogP contribution in [0.3, 0.4) is 0 Å². The number of carbonyl (C=O) groups excluding carboxylic acids is 3. The number of fused-ring (bicyclic) bond motifs is 1. The number of hydrogen-bond donors (Lipinski definition) is 0. The number of carbonyl (C=O) groups is 3. The van der Waals surface area contributed by atoms with E-state index in [-0.39, 0.29) is 22.0 Å². The van der Waals surface area contributed by atoms with Crippen LogP contribution in [0.15, 0.2) is 44.6 Å². The van der Waals surface area contributed by atoms with Gasteiger partial charge in [0.25, 0.3) is 11.1 Å². The highest BCUT2D eigenvalue weighted by Crippen LogP contribution is 2.31. The first-order valence-electron chi connectivity index (χ1n) is 7.82. The monoisotopic (exact) mass is 373 g/mol. The molecular formula is C18H15NO6S. The summed E-state index contributed by atoms with van der Waals surface area (Å²) in [5, 5.41) is -0.215. The van der Waals surface area contributed by atoms with Crippen molar-refractivity contribution in [1.82, 2.24) is 4.90 Å². The molecule has 2 heterocycles. The van der Waals surface area contributed by atoms with Crippen molar-refractivity contribution < 1.29 is 23.5 Å². The number of ether oxygens (including phenoxy) is 1. The van der Waals surface area contributed by atoms with Crippen molar-refractivity contribution in [2.24, 2.45) is 0 Å². The number of hydrogen-bond acceptors (Lipinski definition) is 7. The van der Waals surface area contributed by atoms with Crippen LogP contribution in [0.2, 0.25) is 0 Å². The number of esters is 1. The molecule has 0 spiro atoms. The highest BCUT2D eigenvalue weighted by atomic mass is 32.2. The summed E-state index contributed by atoms with van der Waals surface area (Å²) in [6.45, 7) is 2.88. The predicted molar refractivity (Wildman–Crippen MR) is 96.4 cm³/mol. The summed E-state index contributed by atoms with van der Waals surface area (Å²) in [6.07, 6.45) is 2.20. The summed E-state index contributed by atoms with van der Waals surface area (Å²) in [5.74, 6) is -1.32. The zero-order chi connectivity index (χ0) is 18.8. The quantitative estimate of drug-likeness (QED) is 0.601. The molecule has 2 amide bonds. The number of nitrogens with zero attached hydrogens (tertiary/aromatic N) is 1. The second-order valence-electron chi connectivity index (χ2n) is 5.82. The molecule has 1 aromatic heterocycles. The standard InChI is InChI=1S/C18H15NO6S/c1-10(2)25-15(20)8-19-17(22)14(26-18(19)23)7-11-9-24-13-6-4-3-5-12(13)16(11)21/h3-7,9-10H,8H2,1-2H3/b14-7-. The van der Waals surface area contributed by atoms with E-state index in [0.29, 0.717) is 22.7 Å². The Morgan fingerprint density at radius 3 is 2.73 bits per heavy atom. The largest absolute Gasteiger partial charge is 0.463 e. The van der Waals surface area contributed by atoms with Crippen molar-refractivity contribution in [3.8, 4) is 0 Å². The molecule has 134 valence electrons. The first kappa shape index (κ1) is 17.9. The minimum Gasteiger partial charge on any atom is -0.463 e. The van der Waals surface area contributed by atoms with Crippen LogP contribution in [0.5, 0.6) is 0 Å². The SMILES string of the molecule is CC(C)OC(=O)CN1C(=O)S/C(=C\c2coc3ccccc3c2=O)C1=O. The fraction of sp³-hybridized carbons (Fsp3) is 0.222. The van der Waals surface area contributed by atoms with Crippen LogP contribution in [0.4, 0.5) is 4.79 Å². The first-order chi connectivity index (χ1) is 12.4. The lowest BCUT2D eigenvalue weighted by Gasteiger charge is -2.13. The average molecular weight is 373 g/mol. The number of imide groups is 1. The molecule has 0 saturated carbocycles. The zero-order valence-electron chi connectivity index (χ0n) is 14.1. The third-order valence-electron chi connectivity index (χ3n) is 3.52. The fourth-order valence-electron chi connectivity index (χ4n) is 2.40. The molecule has 0 atom stereocenters. The maximum Gasteiger partial charge on any atom is 0.326 e. The van der Waals surface area contributed by atoms with E-state index in [0.717, 1.165) is 4.90 Å². The van der Waals surface area contributed by atoms with Crippen LogP contribution in [-0.2, 0) is 14.3 Å². The summed E-state index contributed by atoms with van der Waals surface area (Å²) in [5.41, 5.74) is 0.274. The van der Waals surface area contributed by atoms with Crippen LogP contribution in [0.25, 0.3) is 17.0 Å². The molecule has 0 unspecified atom stereocenters. The lowest BCUT2D eigenvalue weighted by Crippen LogP contribution is -2.35. The molecule has 7 nitrogen and oxygen atoms in total. The molecular weight excluding hydrogens is 358 g/mol. The highest BCUT2D eigenvalue weighted by molar-refractivity contribution is 8.18. The molecule has 1 aromatic carbocycles. The summed E-state index contributed by atoms with van der Waals surface area (Å²) in [4.78, 5) is 49.5. The number of thioether (sulfide) groups is 1. The van der Waals surface area contributed by atoms with E-state index in [1.807, 2.05) is 0 Å². The summed E-state index contributed by atoms with van der Waals surface area (Å²) in [6, 6.07) is 6.73. The minimum absolute atomic E-state index is 0.0509. The lowest BCUT2D eigenvalue weighted by atomic mass is 10.1. The van der Waals surface area contributed by atoms with Crippen molar-refractivity contribution in [1.29, 1.82) is 0 Å². The van der Waals surface area contributed by atoms with Crippen LogP contribution in [0, 0.1) is 0 Å². The van der Waals surface area contributed by atoms with E-state index in [1.54, 1.807) is 38.1 Å².